The van der Waals surface area contributed by atoms with Gasteiger partial charge in [0.25, 0.3) is 0 Å². The standard InChI is InChI=1S/C15H14ClNO3/c1-17(2)15(18)20-13-8-19-14-10-6-4-3-5-9(10)12(16)7-11(13)14/h3-7,13H,8H2,1-2H3. The Morgan fingerprint density at radius 2 is 2.05 bits per heavy atom. The topological polar surface area (TPSA) is 38.8 Å². The molecule has 0 saturated carbocycles. The number of benzene rings is 2. The number of carbonyl (C=O) groups is 1. The van der Waals surface area contributed by atoms with Crippen LogP contribution < -0.4 is 4.74 Å². The highest BCUT2D eigenvalue weighted by Crippen LogP contribution is 2.43. The molecule has 1 aliphatic heterocycles. The maximum absolute atomic E-state index is 11.7. The summed E-state index contributed by atoms with van der Waals surface area (Å²) in [5.41, 5.74) is 0.823. The number of hydrogen-bond donors (Lipinski definition) is 0. The van der Waals surface area contributed by atoms with Crippen molar-refractivity contribution in [2.45, 2.75) is 6.10 Å². The minimum absolute atomic E-state index is 0.319. The molecular weight excluding hydrogens is 278 g/mol. The minimum Gasteiger partial charge on any atom is -0.488 e. The van der Waals surface area contributed by atoms with E-state index in [0.717, 1.165) is 22.1 Å². The van der Waals surface area contributed by atoms with E-state index in [9.17, 15) is 4.79 Å². The summed E-state index contributed by atoms with van der Waals surface area (Å²) in [5, 5.41) is 2.52. The normalized spacial score (nSPS) is 16.6. The maximum atomic E-state index is 11.7. The van der Waals surface area contributed by atoms with Crippen molar-refractivity contribution in [3.05, 3.63) is 40.9 Å². The number of ether oxygens (including phenoxy) is 2. The first-order valence-electron chi connectivity index (χ1n) is 6.30. The number of carbonyl (C=O) groups excluding carboxylic acids is 1. The molecule has 1 atom stereocenters. The van der Waals surface area contributed by atoms with Gasteiger partial charge in [-0.3, -0.25) is 0 Å². The second-order valence-electron chi connectivity index (χ2n) is 4.90. The maximum Gasteiger partial charge on any atom is 0.409 e. The molecule has 2 aromatic carbocycles. The molecular formula is C15H14ClNO3. The van der Waals surface area contributed by atoms with E-state index >= 15 is 0 Å². The summed E-state index contributed by atoms with van der Waals surface area (Å²) in [7, 11) is 3.29. The first-order valence-corrected chi connectivity index (χ1v) is 6.67. The number of nitrogens with zero attached hydrogens (tertiary/aromatic N) is 1. The third-order valence-electron chi connectivity index (χ3n) is 3.31. The fourth-order valence-corrected chi connectivity index (χ4v) is 2.58. The summed E-state index contributed by atoms with van der Waals surface area (Å²) in [6, 6.07) is 9.58. The molecule has 20 heavy (non-hydrogen) atoms. The predicted octanol–water partition coefficient (Wildman–Crippen LogP) is 3.62. The Labute approximate surface area is 121 Å². The van der Waals surface area contributed by atoms with E-state index < -0.39 is 12.2 Å². The molecule has 104 valence electrons. The van der Waals surface area contributed by atoms with Crippen LogP contribution in [0.4, 0.5) is 4.79 Å². The average Bonchev–Trinajstić information content (AvgIpc) is 2.82. The molecule has 0 N–H and O–H groups in total. The molecule has 5 heteroatoms. The molecule has 0 saturated heterocycles. The largest absolute Gasteiger partial charge is 0.488 e. The highest BCUT2D eigenvalue weighted by Gasteiger charge is 2.30. The van der Waals surface area contributed by atoms with Crippen LogP contribution in [0, 0.1) is 0 Å². The van der Waals surface area contributed by atoms with Gasteiger partial charge >= 0.3 is 6.09 Å². The van der Waals surface area contributed by atoms with Crippen molar-refractivity contribution in [2.24, 2.45) is 0 Å². The van der Waals surface area contributed by atoms with Crippen LogP contribution in [0.25, 0.3) is 10.8 Å². The molecule has 0 fully saturated rings. The third kappa shape index (κ3) is 2.06. The summed E-state index contributed by atoms with van der Waals surface area (Å²) in [4.78, 5) is 13.1. The number of rotatable bonds is 1. The van der Waals surface area contributed by atoms with E-state index in [2.05, 4.69) is 0 Å². The molecule has 1 aliphatic rings. The lowest BCUT2D eigenvalue weighted by Crippen LogP contribution is -2.25. The molecule has 0 radical (unpaired) electrons. The zero-order valence-corrected chi connectivity index (χ0v) is 12.0. The molecule has 0 aliphatic carbocycles. The smallest absolute Gasteiger partial charge is 0.409 e. The summed E-state index contributed by atoms with van der Waals surface area (Å²) in [5.74, 6) is 0.751. The first kappa shape index (κ1) is 13.1. The molecule has 3 rings (SSSR count). The van der Waals surface area contributed by atoms with E-state index in [0.29, 0.717) is 11.6 Å². The quantitative estimate of drug-likeness (QED) is 0.805. The Kier molecular flexibility index (Phi) is 3.18. The van der Waals surface area contributed by atoms with E-state index in [-0.39, 0.29) is 0 Å². The van der Waals surface area contributed by atoms with Gasteiger partial charge in [-0.1, -0.05) is 35.9 Å². The average molecular weight is 292 g/mol. The van der Waals surface area contributed by atoms with Crippen LogP contribution in [0.2, 0.25) is 5.02 Å². The predicted molar refractivity (Wildman–Crippen MR) is 77.4 cm³/mol. The van der Waals surface area contributed by atoms with Gasteiger partial charge in [0.15, 0.2) is 6.10 Å². The number of fused-ring (bicyclic) bond motifs is 3. The van der Waals surface area contributed by atoms with Crippen LogP contribution in [0.15, 0.2) is 30.3 Å². The monoisotopic (exact) mass is 291 g/mol. The fourth-order valence-electron chi connectivity index (χ4n) is 2.30. The van der Waals surface area contributed by atoms with Gasteiger partial charge in [-0.25, -0.2) is 4.79 Å². The lowest BCUT2D eigenvalue weighted by molar-refractivity contribution is 0.0628. The van der Waals surface area contributed by atoms with Gasteiger partial charge < -0.3 is 14.4 Å². The zero-order chi connectivity index (χ0) is 14.3. The molecule has 1 amide bonds. The van der Waals surface area contributed by atoms with E-state index in [1.54, 1.807) is 14.1 Å². The Morgan fingerprint density at radius 3 is 2.75 bits per heavy atom. The van der Waals surface area contributed by atoms with Crippen molar-refractivity contribution in [2.75, 3.05) is 20.7 Å². The van der Waals surface area contributed by atoms with Gasteiger partial charge in [0.2, 0.25) is 0 Å². The minimum atomic E-state index is -0.415. The van der Waals surface area contributed by atoms with Crippen molar-refractivity contribution < 1.29 is 14.3 Å². The Balaban J connectivity index is 2.04. The molecule has 0 bridgehead atoms. The molecule has 0 spiro atoms. The second kappa shape index (κ2) is 4.87. The summed E-state index contributed by atoms with van der Waals surface area (Å²) >= 11 is 6.30. The second-order valence-corrected chi connectivity index (χ2v) is 5.31. The summed E-state index contributed by atoms with van der Waals surface area (Å²) < 4.78 is 11.1. The van der Waals surface area contributed by atoms with Crippen LogP contribution in [0.1, 0.15) is 11.7 Å². The van der Waals surface area contributed by atoms with Gasteiger partial charge in [-0.15, -0.1) is 0 Å². The third-order valence-corrected chi connectivity index (χ3v) is 3.62. The van der Waals surface area contributed by atoms with Crippen molar-refractivity contribution >= 4 is 28.5 Å². The van der Waals surface area contributed by atoms with Crippen LogP contribution in [-0.4, -0.2) is 31.7 Å². The molecule has 1 unspecified atom stereocenters. The van der Waals surface area contributed by atoms with Crippen LogP contribution in [0.3, 0.4) is 0 Å². The fraction of sp³-hybridized carbons (Fsp3) is 0.267. The van der Waals surface area contributed by atoms with Crippen molar-refractivity contribution in [1.29, 1.82) is 0 Å². The Hall–Kier alpha value is -1.94. The van der Waals surface area contributed by atoms with E-state index in [4.69, 9.17) is 21.1 Å². The van der Waals surface area contributed by atoms with Gasteiger partial charge in [0.1, 0.15) is 12.4 Å². The summed E-state index contributed by atoms with van der Waals surface area (Å²) in [6.07, 6.45) is -0.808. The molecule has 0 aromatic heterocycles. The molecule has 2 aromatic rings. The highest BCUT2D eigenvalue weighted by molar-refractivity contribution is 6.36. The Bertz CT molecular complexity index is 684. The van der Waals surface area contributed by atoms with Crippen LogP contribution >= 0.6 is 11.6 Å². The SMILES string of the molecule is CN(C)C(=O)OC1COc2c1cc(Cl)c1ccccc21. The lowest BCUT2D eigenvalue weighted by atomic mass is 10.0. The number of hydrogen-bond acceptors (Lipinski definition) is 3. The van der Waals surface area contributed by atoms with Crippen molar-refractivity contribution in [3.8, 4) is 5.75 Å². The van der Waals surface area contributed by atoms with Gasteiger partial charge in [-0.2, -0.15) is 0 Å². The molecule has 4 nitrogen and oxygen atoms in total. The summed E-state index contributed by atoms with van der Waals surface area (Å²) in [6.45, 7) is 0.319. The van der Waals surface area contributed by atoms with Gasteiger partial charge in [-0.05, 0) is 6.07 Å². The van der Waals surface area contributed by atoms with Gasteiger partial charge in [0, 0.05) is 35.5 Å². The van der Waals surface area contributed by atoms with Gasteiger partial charge in [0.05, 0.1) is 0 Å². The van der Waals surface area contributed by atoms with E-state index in [1.165, 1.54) is 4.90 Å². The van der Waals surface area contributed by atoms with Crippen molar-refractivity contribution in [3.63, 3.8) is 0 Å². The van der Waals surface area contributed by atoms with Crippen LogP contribution in [0.5, 0.6) is 5.75 Å². The van der Waals surface area contributed by atoms with Crippen LogP contribution in [-0.2, 0) is 4.74 Å². The Morgan fingerprint density at radius 1 is 1.35 bits per heavy atom. The number of halogens is 1. The number of amides is 1. The van der Waals surface area contributed by atoms with E-state index in [1.807, 2.05) is 30.3 Å². The highest BCUT2D eigenvalue weighted by atomic mass is 35.5. The zero-order valence-electron chi connectivity index (χ0n) is 11.2. The lowest BCUT2D eigenvalue weighted by Gasteiger charge is -2.15. The molecule has 1 heterocycles. The van der Waals surface area contributed by atoms with Crippen molar-refractivity contribution in [1.82, 2.24) is 4.90 Å². The first-order chi connectivity index (χ1) is 9.58.